The minimum absolute atomic E-state index is 0.0259. The molecule has 0 saturated heterocycles. The number of benzene rings is 3. The highest BCUT2D eigenvalue weighted by molar-refractivity contribution is 5.96. The molecule has 0 fully saturated rings. The minimum Gasteiger partial charge on any atom is -0.479 e. The lowest BCUT2D eigenvalue weighted by atomic mass is 9.98. The molecule has 0 saturated carbocycles. The number of carbonyl (C=O) groups is 3. The molecule has 0 bridgehead atoms. The van der Waals surface area contributed by atoms with Crippen molar-refractivity contribution in [1.29, 1.82) is 0 Å². The Morgan fingerprint density at radius 3 is 2.23 bits per heavy atom. The average molecular weight is 478 g/mol. The maximum atomic E-state index is 14.1. The first-order valence-corrected chi connectivity index (χ1v) is 10.9. The quantitative estimate of drug-likeness (QED) is 0.391. The second-order valence-electron chi connectivity index (χ2n) is 8.08. The highest BCUT2D eigenvalue weighted by Gasteiger charge is 2.29. The van der Waals surface area contributed by atoms with Crippen LogP contribution in [0.15, 0.2) is 66.7 Å². The molecule has 2 amide bonds. The number of aliphatic hydroxyl groups excluding tert-OH is 1. The van der Waals surface area contributed by atoms with Crippen LogP contribution in [0.25, 0.3) is 11.1 Å². The van der Waals surface area contributed by atoms with Gasteiger partial charge in [-0.2, -0.15) is 0 Å². The molecule has 1 aliphatic rings. The van der Waals surface area contributed by atoms with Crippen LogP contribution in [0.1, 0.15) is 33.8 Å². The van der Waals surface area contributed by atoms with E-state index in [1.807, 2.05) is 48.5 Å². The molecule has 4 rings (SSSR count). The van der Waals surface area contributed by atoms with E-state index in [0.717, 1.165) is 34.4 Å². The zero-order chi connectivity index (χ0) is 24.9. The number of nitrogens with one attached hydrogen (secondary N) is 2. The van der Waals surface area contributed by atoms with Crippen LogP contribution < -0.4 is 10.6 Å². The molecule has 4 N–H and O–H groups in total. The molecule has 9 heteroatoms. The second-order valence-corrected chi connectivity index (χ2v) is 8.08. The van der Waals surface area contributed by atoms with Crippen LogP contribution >= 0.6 is 0 Å². The fraction of sp³-hybridized carbons (Fsp3) is 0.192. The number of carboxylic acids is 1. The Morgan fingerprint density at radius 1 is 0.971 bits per heavy atom. The Balaban J connectivity index is 1.38. The van der Waals surface area contributed by atoms with Crippen LogP contribution in [-0.4, -0.2) is 47.4 Å². The summed E-state index contributed by atoms with van der Waals surface area (Å²) in [7, 11) is 0. The van der Waals surface area contributed by atoms with E-state index in [1.165, 1.54) is 6.07 Å². The predicted octanol–water partition coefficient (Wildman–Crippen LogP) is 3.75. The van der Waals surface area contributed by atoms with E-state index < -0.39 is 29.9 Å². The van der Waals surface area contributed by atoms with Gasteiger partial charge < -0.3 is 20.3 Å². The standard InChI is InChI=1S/C26H23FN2O6/c27-16-11-15(24(31)28-10-9-23(30)25(32)33)12-17(13-16)29-26(34)35-14-22-20-7-3-1-5-18(20)19-6-2-4-8-21(19)22/h1-8,11-13,22-23,30H,9-10,14H2,(H,28,31)(H,29,34)(H,32,33). The lowest BCUT2D eigenvalue weighted by Crippen LogP contribution is -2.30. The van der Waals surface area contributed by atoms with E-state index in [0.29, 0.717) is 0 Å². The number of aliphatic hydroxyl groups is 1. The lowest BCUT2D eigenvalue weighted by molar-refractivity contribution is -0.146. The number of ether oxygens (including phenoxy) is 1. The summed E-state index contributed by atoms with van der Waals surface area (Å²) in [5, 5.41) is 22.8. The first-order valence-electron chi connectivity index (χ1n) is 10.9. The first-order chi connectivity index (χ1) is 16.8. The number of carbonyl (C=O) groups excluding carboxylic acids is 2. The van der Waals surface area contributed by atoms with Gasteiger partial charge in [0.15, 0.2) is 6.10 Å². The molecule has 0 heterocycles. The molecule has 0 radical (unpaired) electrons. The third-order valence-electron chi connectivity index (χ3n) is 5.74. The second kappa shape index (κ2) is 10.4. The van der Waals surface area contributed by atoms with Crippen molar-refractivity contribution < 1.29 is 33.7 Å². The average Bonchev–Trinajstić information content (AvgIpc) is 3.16. The molecule has 0 spiro atoms. The van der Waals surface area contributed by atoms with E-state index in [2.05, 4.69) is 10.6 Å². The summed E-state index contributed by atoms with van der Waals surface area (Å²) in [5.74, 6) is -2.97. The van der Waals surface area contributed by atoms with E-state index in [1.54, 1.807) is 0 Å². The van der Waals surface area contributed by atoms with Gasteiger partial charge in [-0.1, -0.05) is 48.5 Å². The van der Waals surface area contributed by atoms with Gasteiger partial charge in [0.1, 0.15) is 12.4 Å². The molecule has 1 atom stereocenters. The van der Waals surface area contributed by atoms with Gasteiger partial charge in [0.2, 0.25) is 0 Å². The van der Waals surface area contributed by atoms with E-state index in [-0.39, 0.29) is 36.7 Å². The van der Waals surface area contributed by atoms with Crippen LogP contribution in [0.4, 0.5) is 14.9 Å². The number of fused-ring (bicyclic) bond motifs is 3. The fourth-order valence-corrected chi connectivity index (χ4v) is 4.09. The Hall–Kier alpha value is -4.24. The third-order valence-corrected chi connectivity index (χ3v) is 5.74. The van der Waals surface area contributed by atoms with Crippen LogP contribution in [0.3, 0.4) is 0 Å². The van der Waals surface area contributed by atoms with Gasteiger partial charge in [0, 0.05) is 30.1 Å². The molecule has 35 heavy (non-hydrogen) atoms. The number of hydrogen-bond acceptors (Lipinski definition) is 5. The number of aliphatic carboxylic acids is 1. The zero-order valence-electron chi connectivity index (χ0n) is 18.5. The molecule has 1 aliphatic carbocycles. The summed E-state index contributed by atoms with van der Waals surface area (Å²) in [6.45, 7) is -0.0492. The van der Waals surface area contributed by atoms with Gasteiger partial charge in [0.25, 0.3) is 5.91 Å². The van der Waals surface area contributed by atoms with Gasteiger partial charge in [-0.25, -0.2) is 14.0 Å². The fourth-order valence-electron chi connectivity index (χ4n) is 4.09. The molecule has 3 aromatic rings. The summed E-state index contributed by atoms with van der Waals surface area (Å²) >= 11 is 0. The topological polar surface area (TPSA) is 125 Å². The summed E-state index contributed by atoms with van der Waals surface area (Å²) in [5.41, 5.74) is 4.24. The number of amides is 2. The Kier molecular flexibility index (Phi) is 7.07. The molecule has 0 aliphatic heterocycles. The monoisotopic (exact) mass is 478 g/mol. The summed E-state index contributed by atoms with van der Waals surface area (Å²) in [4.78, 5) is 35.4. The summed E-state index contributed by atoms with van der Waals surface area (Å²) in [6.07, 6.45) is -2.62. The van der Waals surface area contributed by atoms with Crippen molar-refractivity contribution in [3.05, 3.63) is 89.2 Å². The van der Waals surface area contributed by atoms with Crippen molar-refractivity contribution in [2.24, 2.45) is 0 Å². The summed E-state index contributed by atoms with van der Waals surface area (Å²) < 4.78 is 19.5. The van der Waals surface area contributed by atoms with Crippen molar-refractivity contribution in [2.75, 3.05) is 18.5 Å². The van der Waals surface area contributed by atoms with E-state index in [9.17, 15) is 23.9 Å². The molecular weight excluding hydrogens is 455 g/mol. The Bertz CT molecular complexity index is 1230. The van der Waals surface area contributed by atoms with Crippen LogP contribution in [0.5, 0.6) is 0 Å². The number of hydrogen-bond donors (Lipinski definition) is 4. The normalized spacial score (nSPS) is 12.9. The molecule has 1 unspecified atom stereocenters. The van der Waals surface area contributed by atoms with E-state index in [4.69, 9.17) is 9.84 Å². The maximum Gasteiger partial charge on any atom is 0.411 e. The first kappa shape index (κ1) is 23.9. The molecule has 180 valence electrons. The lowest BCUT2D eigenvalue weighted by Gasteiger charge is -2.15. The largest absolute Gasteiger partial charge is 0.479 e. The van der Waals surface area contributed by atoms with Gasteiger partial charge in [-0.15, -0.1) is 0 Å². The highest BCUT2D eigenvalue weighted by Crippen LogP contribution is 2.44. The van der Waals surface area contributed by atoms with E-state index >= 15 is 0 Å². The Morgan fingerprint density at radius 2 is 1.60 bits per heavy atom. The number of rotatable bonds is 8. The number of halogens is 1. The molecular formula is C26H23FN2O6. The van der Waals surface area contributed by atoms with Gasteiger partial charge in [-0.05, 0) is 40.5 Å². The van der Waals surface area contributed by atoms with Gasteiger partial charge >= 0.3 is 12.1 Å². The smallest absolute Gasteiger partial charge is 0.411 e. The van der Waals surface area contributed by atoms with Crippen molar-refractivity contribution >= 4 is 23.7 Å². The molecule has 8 nitrogen and oxygen atoms in total. The van der Waals surface area contributed by atoms with Gasteiger partial charge in [-0.3, -0.25) is 10.1 Å². The minimum atomic E-state index is -1.62. The molecule has 3 aromatic carbocycles. The SMILES string of the molecule is O=C(Nc1cc(F)cc(C(=O)NCCC(O)C(=O)O)c1)OCC1c2ccccc2-c2ccccc21. The van der Waals surface area contributed by atoms with Crippen molar-refractivity contribution in [3.63, 3.8) is 0 Å². The Labute approximate surface area is 200 Å². The summed E-state index contributed by atoms with van der Waals surface area (Å²) in [6, 6.07) is 19.1. The van der Waals surface area contributed by atoms with Crippen molar-refractivity contribution in [1.82, 2.24) is 5.32 Å². The number of carboxylic acid groups (broad SMARTS) is 1. The van der Waals surface area contributed by atoms with Crippen LogP contribution in [0, 0.1) is 5.82 Å². The zero-order valence-corrected chi connectivity index (χ0v) is 18.5. The van der Waals surface area contributed by atoms with Crippen molar-refractivity contribution in [3.8, 4) is 11.1 Å². The molecule has 0 aromatic heterocycles. The van der Waals surface area contributed by atoms with Crippen LogP contribution in [-0.2, 0) is 9.53 Å². The van der Waals surface area contributed by atoms with Gasteiger partial charge in [0.05, 0.1) is 0 Å². The highest BCUT2D eigenvalue weighted by atomic mass is 19.1. The predicted molar refractivity (Wildman–Crippen MR) is 126 cm³/mol. The van der Waals surface area contributed by atoms with Crippen LogP contribution in [0.2, 0.25) is 0 Å². The van der Waals surface area contributed by atoms with Crippen molar-refractivity contribution in [2.45, 2.75) is 18.4 Å². The number of anilines is 1. The third kappa shape index (κ3) is 5.47. The maximum absolute atomic E-state index is 14.1.